The summed E-state index contributed by atoms with van der Waals surface area (Å²) in [5.41, 5.74) is 3.95. The third-order valence-corrected chi connectivity index (χ3v) is 8.24. The lowest BCUT2D eigenvalue weighted by atomic mass is 10.0. The summed E-state index contributed by atoms with van der Waals surface area (Å²) in [6, 6.07) is 7.79. The van der Waals surface area contributed by atoms with Gasteiger partial charge in [-0.05, 0) is 49.6 Å². The zero-order chi connectivity index (χ0) is 23.9. The third kappa shape index (κ3) is 4.36. The Morgan fingerprint density at radius 1 is 1.03 bits per heavy atom. The first-order valence-electron chi connectivity index (χ1n) is 10.6. The molecule has 0 aliphatic carbocycles. The minimum absolute atomic E-state index is 0.0768. The van der Waals surface area contributed by atoms with E-state index >= 15 is 0 Å². The van der Waals surface area contributed by atoms with E-state index in [1.54, 1.807) is 18.1 Å². The molecule has 2 aromatic carbocycles. The van der Waals surface area contributed by atoms with Crippen LogP contribution in [0.4, 0.5) is 5.69 Å². The van der Waals surface area contributed by atoms with Crippen molar-refractivity contribution in [1.82, 2.24) is 9.21 Å². The van der Waals surface area contributed by atoms with Crippen molar-refractivity contribution in [3.63, 3.8) is 0 Å². The molecule has 0 bridgehead atoms. The number of piperazine rings is 1. The zero-order valence-electron chi connectivity index (χ0n) is 18.7. The van der Waals surface area contributed by atoms with Gasteiger partial charge in [-0.15, -0.1) is 0 Å². The minimum atomic E-state index is -3.91. The number of furan rings is 1. The van der Waals surface area contributed by atoms with Crippen molar-refractivity contribution in [1.29, 1.82) is 0 Å². The van der Waals surface area contributed by atoms with Crippen LogP contribution in [0.3, 0.4) is 0 Å². The summed E-state index contributed by atoms with van der Waals surface area (Å²) in [4.78, 5) is 24.9. The Kier molecular flexibility index (Phi) is 5.98. The number of benzene rings is 2. The molecule has 174 valence electrons. The molecule has 0 radical (unpaired) electrons. The number of carbonyl (C=O) groups is 1. The van der Waals surface area contributed by atoms with Gasteiger partial charge in [-0.1, -0.05) is 6.07 Å². The molecule has 3 aromatic rings. The van der Waals surface area contributed by atoms with Crippen LogP contribution in [0.5, 0.6) is 0 Å². The number of sulfonamides is 1. The van der Waals surface area contributed by atoms with Crippen LogP contribution in [0.2, 0.25) is 0 Å². The van der Waals surface area contributed by atoms with Crippen LogP contribution >= 0.6 is 0 Å². The van der Waals surface area contributed by atoms with Gasteiger partial charge in [0.2, 0.25) is 15.9 Å². The van der Waals surface area contributed by atoms with E-state index in [0.29, 0.717) is 5.56 Å². The molecule has 0 unspecified atom stereocenters. The first-order chi connectivity index (χ1) is 15.6. The number of nitrogens with zero attached hydrogens (tertiary/aromatic N) is 3. The highest BCUT2D eigenvalue weighted by molar-refractivity contribution is 7.89. The van der Waals surface area contributed by atoms with E-state index in [2.05, 4.69) is 0 Å². The van der Waals surface area contributed by atoms with Gasteiger partial charge < -0.3 is 9.32 Å². The molecule has 0 N–H and O–H groups in total. The number of nitro benzene ring substituents is 1. The normalized spacial score (nSPS) is 15.2. The quantitative estimate of drug-likeness (QED) is 0.416. The van der Waals surface area contributed by atoms with E-state index in [0.717, 1.165) is 33.7 Å². The average molecular weight is 472 g/mol. The molecule has 1 fully saturated rings. The maximum absolute atomic E-state index is 13.1. The first-order valence-corrected chi connectivity index (χ1v) is 12.0. The van der Waals surface area contributed by atoms with Crippen molar-refractivity contribution in [2.45, 2.75) is 32.1 Å². The van der Waals surface area contributed by atoms with Gasteiger partial charge in [0.05, 0.1) is 22.5 Å². The summed E-state index contributed by atoms with van der Waals surface area (Å²) in [6.07, 6.45) is 1.78. The molecule has 1 saturated heterocycles. The summed E-state index contributed by atoms with van der Waals surface area (Å²) in [7, 11) is -3.91. The van der Waals surface area contributed by atoms with Gasteiger partial charge in [0, 0.05) is 49.3 Å². The molecule has 0 atom stereocenters. The number of non-ortho nitro benzene ring substituents is 1. The highest BCUT2D eigenvalue weighted by Gasteiger charge is 2.32. The second-order valence-electron chi connectivity index (χ2n) is 8.36. The zero-order valence-corrected chi connectivity index (χ0v) is 19.5. The Bertz CT molecular complexity index is 1350. The molecule has 1 aliphatic rings. The topological polar surface area (TPSA) is 114 Å². The molecule has 1 aliphatic heterocycles. The summed E-state index contributed by atoms with van der Waals surface area (Å²) in [5, 5.41) is 12.0. The smallest absolute Gasteiger partial charge is 0.270 e. The molecular weight excluding hydrogens is 446 g/mol. The fourth-order valence-electron chi connectivity index (χ4n) is 4.05. The maximum atomic E-state index is 13.1. The van der Waals surface area contributed by atoms with Gasteiger partial charge in [0.25, 0.3) is 5.69 Å². The third-order valence-electron chi connectivity index (χ3n) is 6.20. The van der Waals surface area contributed by atoms with Gasteiger partial charge in [-0.3, -0.25) is 14.9 Å². The van der Waals surface area contributed by atoms with E-state index in [4.69, 9.17) is 4.42 Å². The number of fused-ring (bicyclic) bond motifs is 1. The van der Waals surface area contributed by atoms with Crippen LogP contribution in [0.1, 0.15) is 22.3 Å². The second kappa shape index (κ2) is 8.60. The minimum Gasteiger partial charge on any atom is -0.464 e. The monoisotopic (exact) mass is 471 g/mol. The second-order valence-corrected chi connectivity index (χ2v) is 10.3. The summed E-state index contributed by atoms with van der Waals surface area (Å²) in [6.45, 7) is 6.37. The van der Waals surface area contributed by atoms with Crippen molar-refractivity contribution in [2.75, 3.05) is 26.2 Å². The van der Waals surface area contributed by atoms with Crippen LogP contribution in [-0.4, -0.2) is 54.6 Å². The van der Waals surface area contributed by atoms with E-state index < -0.39 is 14.9 Å². The summed E-state index contributed by atoms with van der Waals surface area (Å²) < 4.78 is 33.1. The Morgan fingerprint density at radius 2 is 1.70 bits per heavy atom. The molecule has 1 amide bonds. The van der Waals surface area contributed by atoms with Crippen LogP contribution < -0.4 is 0 Å². The number of hydrogen-bond acceptors (Lipinski definition) is 6. The Balaban J connectivity index is 1.46. The van der Waals surface area contributed by atoms with Gasteiger partial charge >= 0.3 is 0 Å². The molecule has 10 heteroatoms. The predicted octanol–water partition coefficient (Wildman–Crippen LogP) is 3.34. The SMILES string of the molecule is Cc1cc2occ(CC(=O)N3CCN(S(=O)(=O)c4cc([N+](=O)[O-])ccc4C)CC3)c2cc1C. The van der Waals surface area contributed by atoms with Gasteiger partial charge in [-0.25, -0.2) is 8.42 Å². The molecule has 0 spiro atoms. The van der Waals surface area contributed by atoms with Gasteiger partial charge in [0.15, 0.2) is 0 Å². The van der Waals surface area contributed by atoms with Crippen molar-refractivity contribution < 1.29 is 22.6 Å². The van der Waals surface area contributed by atoms with Crippen molar-refractivity contribution in [3.8, 4) is 0 Å². The summed E-state index contributed by atoms with van der Waals surface area (Å²) >= 11 is 0. The van der Waals surface area contributed by atoms with Gasteiger partial charge in [0.1, 0.15) is 5.58 Å². The number of aryl methyl sites for hydroxylation is 3. The molecule has 0 saturated carbocycles. The number of hydrogen-bond donors (Lipinski definition) is 0. The van der Waals surface area contributed by atoms with E-state index in [9.17, 15) is 23.3 Å². The number of nitro groups is 1. The molecule has 2 heterocycles. The Morgan fingerprint density at radius 3 is 2.36 bits per heavy atom. The average Bonchev–Trinajstić information content (AvgIpc) is 3.15. The molecule has 9 nitrogen and oxygen atoms in total. The predicted molar refractivity (Wildman–Crippen MR) is 123 cm³/mol. The van der Waals surface area contributed by atoms with E-state index in [-0.39, 0.29) is 49.1 Å². The van der Waals surface area contributed by atoms with Crippen LogP contribution in [-0.2, 0) is 21.2 Å². The maximum Gasteiger partial charge on any atom is 0.270 e. The standard InChI is InChI=1S/C23H25N3O6S/c1-15-4-5-19(26(28)29)13-22(15)33(30,31)25-8-6-24(7-9-25)23(27)12-18-14-32-21-11-17(3)16(2)10-20(18)21/h4-5,10-11,13-14H,6-9,12H2,1-3H3. The molecule has 1 aromatic heterocycles. The van der Waals surface area contributed by atoms with Crippen molar-refractivity contribution in [3.05, 3.63) is 69.0 Å². The van der Waals surface area contributed by atoms with Gasteiger partial charge in [-0.2, -0.15) is 4.31 Å². The Hall–Kier alpha value is -3.24. The molecule has 33 heavy (non-hydrogen) atoms. The molecule has 4 rings (SSSR count). The van der Waals surface area contributed by atoms with Crippen molar-refractivity contribution in [2.24, 2.45) is 0 Å². The number of rotatable bonds is 5. The molecular formula is C23H25N3O6S. The lowest BCUT2D eigenvalue weighted by Gasteiger charge is -2.34. The lowest BCUT2D eigenvalue weighted by Crippen LogP contribution is -2.50. The number of amides is 1. The largest absolute Gasteiger partial charge is 0.464 e. The fraction of sp³-hybridized carbons (Fsp3) is 0.348. The van der Waals surface area contributed by atoms with E-state index in [1.807, 2.05) is 26.0 Å². The van der Waals surface area contributed by atoms with Crippen molar-refractivity contribution >= 4 is 32.6 Å². The Labute approximate surface area is 191 Å². The highest BCUT2D eigenvalue weighted by Crippen LogP contribution is 2.27. The first kappa shape index (κ1) is 22.9. The highest BCUT2D eigenvalue weighted by atomic mass is 32.2. The van der Waals surface area contributed by atoms with Crippen LogP contribution in [0, 0.1) is 30.9 Å². The van der Waals surface area contributed by atoms with Crippen LogP contribution in [0.25, 0.3) is 11.0 Å². The summed E-state index contributed by atoms with van der Waals surface area (Å²) in [5.74, 6) is -0.0977. The van der Waals surface area contributed by atoms with E-state index in [1.165, 1.54) is 16.4 Å². The lowest BCUT2D eigenvalue weighted by molar-refractivity contribution is -0.385. The fourth-order valence-corrected chi connectivity index (χ4v) is 5.71. The van der Waals surface area contributed by atoms with Crippen LogP contribution in [0.15, 0.2) is 45.9 Å². The number of carbonyl (C=O) groups excluding carboxylic acids is 1.